The molecule has 0 radical (unpaired) electrons. The summed E-state index contributed by atoms with van der Waals surface area (Å²) in [5, 5.41) is 3.48. The predicted molar refractivity (Wildman–Crippen MR) is 85.3 cm³/mol. The van der Waals surface area contributed by atoms with E-state index in [0.717, 1.165) is 13.1 Å². The standard InChI is InChI=1S/C18H24N2/c1-2-4-15-7-9-16(10-8-15)13-20-14-18-6-3-5-17(11-18)12-19/h3,5-11,20H,2,4,12-14,19H2,1H3. The molecule has 0 atom stereocenters. The van der Waals surface area contributed by atoms with Gasteiger partial charge in [-0.3, -0.25) is 0 Å². The van der Waals surface area contributed by atoms with E-state index in [4.69, 9.17) is 5.73 Å². The Kier molecular flexibility index (Phi) is 5.78. The van der Waals surface area contributed by atoms with Gasteiger partial charge in [-0.15, -0.1) is 0 Å². The van der Waals surface area contributed by atoms with Crippen LogP contribution in [0.15, 0.2) is 48.5 Å². The van der Waals surface area contributed by atoms with E-state index in [9.17, 15) is 0 Å². The highest BCUT2D eigenvalue weighted by Crippen LogP contribution is 2.08. The van der Waals surface area contributed by atoms with Crippen LogP contribution in [0.1, 0.15) is 35.6 Å². The molecule has 3 N–H and O–H groups in total. The molecular weight excluding hydrogens is 244 g/mol. The molecule has 2 aromatic rings. The Hall–Kier alpha value is -1.64. The van der Waals surface area contributed by atoms with Crippen LogP contribution >= 0.6 is 0 Å². The Morgan fingerprint density at radius 2 is 1.50 bits per heavy atom. The van der Waals surface area contributed by atoms with E-state index in [1.807, 2.05) is 0 Å². The minimum atomic E-state index is 0.604. The Labute approximate surface area is 122 Å². The fourth-order valence-corrected chi connectivity index (χ4v) is 2.33. The van der Waals surface area contributed by atoms with E-state index in [1.54, 1.807) is 0 Å². The van der Waals surface area contributed by atoms with Crippen molar-refractivity contribution in [3.63, 3.8) is 0 Å². The third kappa shape index (κ3) is 4.48. The Balaban J connectivity index is 1.82. The zero-order valence-corrected chi connectivity index (χ0v) is 12.2. The van der Waals surface area contributed by atoms with Crippen LogP contribution in [0.25, 0.3) is 0 Å². The molecule has 0 heterocycles. The average Bonchev–Trinajstić information content (AvgIpc) is 2.50. The molecule has 0 saturated heterocycles. The zero-order valence-electron chi connectivity index (χ0n) is 12.2. The first kappa shape index (κ1) is 14.8. The minimum Gasteiger partial charge on any atom is -0.326 e. The molecule has 0 bridgehead atoms. The van der Waals surface area contributed by atoms with Gasteiger partial charge in [0.1, 0.15) is 0 Å². The zero-order chi connectivity index (χ0) is 14.2. The summed E-state index contributed by atoms with van der Waals surface area (Å²) in [5.74, 6) is 0. The summed E-state index contributed by atoms with van der Waals surface area (Å²) < 4.78 is 0. The van der Waals surface area contributed by atoms with Gasteiger partial charge in [0.2, 0.25) is 0 Å². The van der Waals surface area contributed by atoms with Gasteiger partial charge >= 0.3 is 0 Å². The smallest absolute Gasteiger partial charge is 0.0208 e. The van der Waals surface area contributed by atoms with Crippen LogP contribution in [0.5, 0.6) is 0 Å². The summed E-state index contributed by atoms with van der Waals surface area (Å²) >= 11 is 0. The topological polar surface area (TPSA) is 38.0 Å². The van der Waals surface area contributed by atoms with Gasteiger partial charge in [0.15, 0.2) is 0 Å². The van der Waals surface area contributed by atoms with E-state index in [2.05, 4.69) is 60.8 Å². The number of aryl methyl sites for hydroxylation is 1. The van der Waals surface area contributed by atoms with Crippen molar-refractivity contribution in [2.24, 2.45) is 5.73 Å². The molecule has 0 amide bonds. The van der Waals surface area contributed by atoms with Gasteiger partial charge in [0.25, 0.3) is 0 Å². The van der Waals surface area contributed by atoms with Gasteiger partial charge in [-0.1, -0.05) is 61.9 Å². The Bertz CT molecular complexity index is 517. The lowest BCUT2D eigenvalue weighted by atomic mass is 10.1. The van der Waals surface area contributed by atoms with Crippen LogP contribution in [0.4, 0.5) is 0 Å². The normalized spacial score (nSPS) is 10.7. The van der Waals surface area contributed by atoms with Gasteiger partial charge < -0.3 is 11.1 Å². The number of hydrogen-bond acceptors (Lipinski definition) is 2. The van der Waals surface area contributed by atoms with Crippen molar-refractivity contribution in [1.82, 2.24) is 5.32 Å². The molecule has 0 aliphatic rings. The number of benzene rings is 2. The Morgan fingerprint density at radius 3 is 2.20 bits per heavy atom. The van der Waals surface area contributed by atoms with Crippen molar-refractivity contribution in [2.45, 2.75) is 39.4 Å². The third-order valence-electron chi connectivity index (χ3n) is 3.45. The predicted octanol–water partition coefficient (Wildman–Crippen LogP) is 3.39. The second-order valence-electron chi connectivity index (χ2n) is 5.19. The van der Waals surface area contributed by atoms with E-state index in [1.165, 1.54) is 35.1 Å². The maximum absolute atomic E-state index is 5.66. The van der Waals surface area contributed by atoms with Crippen molar-refractivity contribution in [1.29, 1.82) is 0 Å². The van der Waals surface area contributed by atoms with Crippen LogP contribution < -0.4 is 11.1 Å². The summed E-state index contributed by atoms with van der Waals surface area (Å²) in [5.41, 5.74) is 10.9. The van der Waals surface area contributed by atoms with E-state index in [-0.39, 0.29) is 0 Å². The summed E-state index contributed by atoms with van der Waals surface area (Å²) in [6, 6.07) is 17.3. The number of rotatable bonds is 7. The minimum absolute atomic E-state index is 0.604. The highest BCUT2D eigenvalue weighted by Gasteiger charge is 1.97. The quantitative estimate of drug-likeness (QED) is 0.808. The molecule has 2 nitrogen and oxygen atoms in total. The summed E-state index contributed by atoms with van der Waals surface area (Å²) in [7, 11) is 0. The first-order chi connectivity index (χ1) is 9.81. The molecule has 0 aromatic heterocycles. The molecule has 0 aliphatic carbocycles. The first-order valence-electron chi connectivity index (χ1n) is 7.38. The van der Waals surface area contributed by atoms with Crippen LogP contribution in [0.2, 0.25) is 0 Å². The monoisotopic (exact) mass is 268 g/mol. The summed E-state index contributed by atoms with van der Waals surface area (Å²) in [6.07, 6.45) is 2.37. The molecule has 0 aliphatic heterocycles. The molecule has 0 saturated carbocycles. The van der Waals surface area contributed by atoms with Crippen molar-refractivity contribution in [3.05, 3.63) is 70.8 Å². The Morgan fingerprint density at radius 1 is 0.850 bits per heavy atom. The molecule has 20 heavy (non-hydrogen) atoms. The largest absolute Gasteiger partial charge is 0.326 e. The van der Waals surface area contributed by atoms with Gasteiger partial charge in [0, 0.05) is 19.6 Å². The van der Waals surface area contributed by atoms with Crippen molar-refractivity contribution >= 4 is 0 Å². The maximum atomic E-state index is 5.66. The highest BCUT2D eigenvalue weighted by molar-refractivity contribution is 5.24. The lowest BCUT2D eigenvalue weighted by Crippen LogP contribution is -2.13. The SMILES string of the molecule is CCCc1ccc(CNCc2cccc(CN)c2)cc1. The van der Waals surface area contributed by atoms with Gasteiger partial charge in [-0.25, -0.2) is 0 Å². The van der Waals surface area contributed by atoms with Crippen LogP contribution in [0.3, 0.4) is 0 Å². The van der Waals surface area contributed by atoms with E-state index in [0.29, 0.717) is 6.54 Å². The van der Waals surface area contributed by atoms with Crippen molar-refractivity contribution in [3.8, 4) is 0 Å². The molecule has 0 fully saturated rings. The molecular formula is C18H24N2. The van der Waals surface area contributed by atoms with Crippen molar-refractivity contribution in [2.75, 3.05) is 0 Å². The number of hydrogen-bond donors (Lipinski definition) is 2. The van der Waals surface area contributed by atoms with Crippen molar-refractivity contribution < 1.29 is 0 Å². The number of nitrogens with two attached hydrogens (primary N) is 1. The van der Waals surface area contributed by atoms with Gasteiger partial charge in [0.05, 0.1) is 0 Å². The first-order valence-corrected chi connectivity index (χ1v) is 7.38. The van der Waals surface area contributed by atoms with E-state index >= 15 is 0 Å². The summed E-state index contributed by atoms with van der Waals surface area (Å²) in [6.45, 7) is 4.60. The second kappa shape index (κ2) is 7.83. The molecule has 106 valence electrons. The average molecular weight is 268 g/mol. The second-order valence-corrected chi connectivity index (χ2v) is 5.19. The van der Waals surface area contributed by atoms with Gasteiger partial charge in [-0.05, 0) is 28.7 Å². The third-order valence-corrected chi connectivity index (χ3v) is 3.45. The van der Waals surface area contributed by atoms with Crippen LogP contribution in [0, 0.1) is 0 Å². The fraction of sp³-hybridized carbons (Fsp3) is 0.333. The van der Waals surface area contributed by atoms with Crippen LogP contribution in [-0.2, 0) is 26.1 Å². The maximum Gasteiger partial charge on any atom is 0.0208 e. The van der Waals surface area contributed by atoms with Gasteiger partial charge in [-0.2, -0.15) is 0 Å². The lowest BCUT2D eigenvalue weighted by Gasteiger charge is -2.07. The molecule has 2 rings (SSSR count). The molecule has 2 heteroatoms. The lowest BCUT2D eigenvalue weighted by molar-refractivity contribution is 0.692. The fourth-order valence-electron chi connectivity index (χ4n) is 2.33. The molecule has 0 spiro atoms. The highest BCUT2D eigenvalue weighted by atomic mass is 14.8. The molecule has 2 aromatic carbocycles. The molecule has 0 unspecified atom stereocenters. The number of nitrogens with one attached hydrogen (secondary N) is 1. The summed E-state index contributed by atoms with van der Waals surface area (Å²) in [4.78, 5) is 0. The van der Waals surface area contributed by atoms with Crippen LogP contribution in [-0.4, -0.2) is 0 Å². The van der Waals surface area contributed by atoms with E-state index < -0.39 is 0 Å².